The third-order valence-corrected chi connectivity index (χ3v) is 2.79. The van der Waals surface area contributed by atoms with E-state index in [-0.39, 0.29) is 30.1 Å². The molecular weight excluding hydrogens is 327 g/mol. The van der Waals surface area contributed by atoms with Crippen molar-refractivity contribution in [3.05, 3.63) is 39.4 Å². The Morgan fingerprint density at radius 1 is 1.38 bits per heavy atom. The molecule has 136 valence electrons. The molecule has 1 aromatic rings. The van der Waals surface area contributed by atoms with Gasteiger partial charge in [0.15, 0.2) is 5.84 Å². The highest BCUT2D eigenvalue weighted by Gasteiger charge is 2.26. The average molecular weight is 349 g/mol. The fourth-order valence-corrected chi connectivity index (χ4v) is 1.65. The summed E-state index contributed by atoms with van der Waals surface area (Å²) in [4.78, 5) is 10.3. The maximum Gasteiger partial charge on any atom is 0.389 e. The molecule has 4 N–H and O–H groups in total. The number of nitrogens with zero attached hydrogens (tertiary/aromatic N) is 3. The van der Waals surface area contributed by atoms with Crippen molar-refractivity contribution in [1.29, 1.82) is 0 Å². The monoisotopic (exact) mass is 349 g/mol. The van der Waals surface area contributed by atoms with E-state index in [0.717, 1.165) is 5.12 Å². The first-order valence-electron chi connectivity index (χ1n) is 7.28. The van der Waals surface area contributed by atoms with Crippen molar-refractivity contribution < 1.29 is 18.1 Å². The molecule has 0 atom stereocenters. The van der Waals surface area contributed by atoms with Crippen molar-refractivity contribution in [3.63, 3.8) is 0 Å². The molecule has 0 aliphatic carbocycles. The fourth-order valence-electron chi connectivity index (χ4n) is 1.65. The Morgan fingerprint density at radius 3 is 2.46 bits per heavy atom. The van der Waals surface area contributed by atoms with Gasteiger partial charge < -0.3 is 5.73 Å². The SMILES string of the molecule is CC.Cc1ccc(/C(N)=N/N(N)CCCC(F)(F)F)cc1[N+](=O)[O-]. The number of nitro benzene ring substituents is 1. The Labute approximate surface area is 138 Å². The number of benzene rings is 1. The molecule has 0 radical (unpaired) electrons. The summed E-state index contributed by atoms with van der Waals surface area (Å²) in [6.07, 6.45) is -5.47. The Hall–Kier alpha value is -2.36. The van der Waals surface area contributed by atoms with Crippen molar-refractivity contribution in [2.24, 2.45) is 16.7 Å². The zero-order valence-electron chi connectivity index (χ0n) is 13.8. The summed E-state index contributed by atoms with van der Waals surface area (Å²) in [5, 5.41) is 15.3. The Morgan fingerprint density at radius 2 is 1.96 bits per heavy atom. The number of halogens is 3. The molecule has 0 heterocycles. The second-order valence-corrected chi connectivity index (χ2v) is 4.63. The number of aryl methyl sites for hydroxylation is 1. The van der Waals surface area contributed by atoms with E-state index in [9.17, 15) is 23.3 Å². The fraction of sp³-hybridized carbons (Fsp3) is 0.500. The molecular formula is C14H22F3N5O2. The van der Waals surface area contributed by atoms with Gasteiger partial charge >= 0.3 is 6.18 Å². The number of nitrogens with two attached hydrogens (primary N) is 2. The number of amidine groups is 1. The molecule has 0 bridgehead atoms. The highest BCUT2D eigenvalue weighted by molar-refractivity contribution is 5.97. The predicted molar refractivity (Wildman–Crippen MR) is 86.1 cm³/mol. The second-order valence-electron chi connectivity index (χ2n) is 4.63. The number of rotatable bonds is 6. The van der Waals surface area contributed by atoms with Crippen LogP contribution >= 0.6 is 0 Å². The van der Waals surface area contributed by atoms with Crippen LogP contribution < -0.4 is 11.6 Å². The van der Waals surface area contributed by atoms with E-state index in [2.05, 4.69) is 5.10 Å². The Balaban J connectivity index is 0.00000254. The summed E-state index contributed by atoms with van der Waals surface area (Å²) in [5.74, 6) is 5.32. The first kappa shape index (κ1) is 21.6. The van der Waals surface area contributed by atoms with Crippen molar-refractivity contribution in [2.45, 2.75) is 39.8 Å². The maximum atomic E-state index is 12.0. The smallest absolute Gasteiger partial charge is 0.382 e. The van der Waals surface area contributed by atoms with Gasteiger partial charge in [0.1, 0.15) is 0 Å². The van der Waals surface area contributed by atoms with Gasteiger partial charge in [0.2, 0.25) is 0 Å². The topological polar surface area (TPSA) is 111 Å². The third kappa shape index (κ3) is 7.77. The van der Waals surface area contributed by atoms with Gasteiger partial charge in [-0.2, -0.15) is 13.2 Å². The van der Waals surface area contributed by atoms with Gasteiger partial charge in [0.05, 0.1) is 11.5 Å². The number of hydrogen-bond donors (Lipinski definition) is 2. The van der Waals surface area contributed by atoms with Crippen LogP contribution in [0.5, 0.6) is 0 Å². The van der Waals surface area contributed by atoms with Crippen LogP contribution in [0.2, 0.25) is 0 Å². The van der Waals surface area contributed by atoms with Gasteiger partial charge in [-0.15, -0.1) is 5.10 Å². The Bertz CT molecular complexity index is 576. The first-order chi connectivity index (χ1) is 11.1. The summed E-state index contributed by atoms with van der Waals surface area (Å²) < 4.78 is 36.0. The van der Waals surface area contributed by atoms with Crippen molar-refractivity contribution >= 4 is 11.5 Å². The molecule has 0 saturated heterocycles. The van der Waals surface area contributed by atoms with Gasteiger partial charge in [0.25, 0.3) is 5.69 Å². The van der Waals surface area contributed by atoms with E-state index in [1.807, 2.05) is 13.8 Å². The minimum atomic E-state index is -4.26. The lowest BCUT2D eigenvalue weighted by atomic mass is 10.1. The largest absolute Gasteiger partial charge is 0.389 e. The summed E-state index contributed by atoms with van der Waals surface area (Å²) in [5.41, 5.74) is 6.25. The number of nitro groups is 1. The van der Waals surface area contributed by atoms with Crippen molar-refractivity contribution in [1.82, 2.24) is 5.12 Å². The minimum Gasteiger partial charge on any atom is -0.382 e. The van der Waals surface area contributed by atoms with Gasteiger partial charge in [-0.25, -0.2) is 11.0 Å². The van der Waals surface area contributed by atoms with Crippen LogP contribution in [0.4, 0.5) is 18.9 Å². The molecule has 1 aromatic carbocycles. The molecule has 0 saturated carbocycles. The van der Waals surface area contributed by atoms with Gasteiger partial charge in [0, 0.05) is 23.6 Å². The van der Waals surface area contributed by atoms with Gasteiger partial charge in [-0.3, -0.25) is 10.1 Å². The van der Waals surface area contributed by atoms with Crippen LogP contribution in [0, 0.1) is 17.0 Å². The lowest BCUT2D eigenvalue weighted by molar-refractivity contribution is -0.385. The molecule has 0 spiro atoms. The normalized spacial score (nSPS) is 11.5. The van der Waals surface area contributed by atoms with Crippen molar-refractivity contribution in [2.75, 3.05) is 6.54 Å². The van der Waals surface area contributed by atoms with E-state index in [1.165, 1.54) is 18.2 Å². The van der Waals surface area contributed by atoms with Crippen LogP contribution in [0.25, 0.3) is 0 Å². The molecule has 1 rings (SSSR count). The quantitative estimate of drug-likeness (QED) is 0.270. The molecule has 0 aliphatic rings. The average Bonchev–Trinajstić information content (AvgIpc) is 2.47. The van der Waals surface area contributed by atoms with Crippen LogP contribution in [-0.2, 0) is 0 Å². The Kier molecular flexibility index (Phi) is 8.75. The summed E-state index contributed by atoms with van der Waals surface area (Å²) >= 11 is 0. The van der Waals surface area contributed by atoms with Gasteiger partial charge in [-0.05, 0) is 13.3 Å². The van der Waals surface area contributed by atoms with Crippen molar-refractivity contribution in [3.8, 4) is 0 Å². The zero-order chi connectivity index (χ0) is 18.9. The molecule has 0 unspecified atom stereocenters. The number of hydrogen-bond acceptors (Lipinski definition) is 5. The lowest BCUT2D eigenvalue weighted by Gasteiger charge is -2.14. The molecule has 7 nitrogen and oxygen atoms in total. The molecule has 0 amide bonds. The summed E-state index contributed by atoms with van der Waals surface area (Å²) in [7, 11) is 0. The molecule has 0 fully saturated rings. The van der Waals surface area contributed by atoms with E-state index >= 15 is 0 Å². The number of hydrazone groups is 1. The molecule has 0 aliphatic heterocycles. The number of alkyl halides is 3. The predicted octanol–water partition coefficient (Wildman–Crippen LogP) is 3.07. The van der Waals surface area contributed by atoms with E-state index in [4.69, 9.17) is 11.6 Å². The first-order valence-corrected chi connectivity index (χ1v) is 7.28. The molecule has 10 heteroatoms. The summed E-state index contributed by atoms with van der Waals surface area (Å²) in [6.45, 7) is 5.43. The van der Waals surface area contributed by atoms with E-state index in [0.29, 0.717) is 5.56 Å². The second kappa shape index (κ2) is 9.71. The van der Waals surface area contributed by atoms with E-state index < -0.39 is 17.5 Å². The molecule has 24 heavy (non-hydrogen) atoms. The third-order valence-electron chi connectivity index (χ3n) is 2.79. The highest BCUT2D eigenvalue weighted by atomic mass is 19.4. The zero-order valence-corrected chi connectivity index (χ0v) is 13.8. The van der Waals surface area contributed by atoms with Gasteiger partial charge in [-0.1, -0.05) is 26.0 Å². The minimum absolute atomic E-state index is 0.113. The standard InChI is InChI=1S/C12H16F3N5O2.C2H6/c1-8-3-4-9(7-10(8)20(21)22)11(16)18-19(17)6-2-5-12(13,14)15;1-2/h3-4,7H,2,5-6,17H2,1H3,(H2,16,18);1-2H3. The van der Waals surface area contributed by atoms with E-state index in [1.54, 1.807) is 6.92 Å². The van der Waals surface area contributed by atoms with Crippen LogP contribution in [-0.4, -0.2) is 28.6 Å². The van der Waals surface area contributed by atoms with Crippen LogP contribution in [0.3, 0.4) is 0 Å². The number of hydrazine groups is 1. The molecule has 0 aromatic heterocycles. The van der Waals surface area contributed by atoms with Crippen LogP contribution in [0.1, 0.15) is 37.8 Å². The maximum absolute atomic E-state index is 12.0. The highest BCUT2D eigenvalue weighted by Crippen LogP contribution is 2.21. The summed E-state index contributed by atoms with van der Waals surface area (Å²) in [6, 6.07) is 4.25. The van der Waals surface area contributed by atoms with Crippen LogP contribution in [0.15, 0.2) is 23.3 Å². The lowest BCUT2D eigenvalue weighted by Crippen LogP contribution is -2.31.